The van der Waals surface area contributed by atoms with E-state index in [9.17, 15) is 0 Å². The van der Waals surface area contributed by atoms with E-state index in [1.807, 2.05) is 37.9 Å². The third-order valence-corrected chi connectivity index (χ3v) is 4.74. The van der Waals surface area contributed by atoms with Gasteiger partial charge in [0.2, 0.25) is 0 Å². The molecule has 0 fully saturated rings. The fraction of sp³-hybridized carbons (Fsp3) is 0.333. The van der Waals surface area contributed by atoms with Crippen molar-refractivity contribution in [2.75, 3.05) is 7.11 Å². The third kappa shape index (κ3) is 2.69. The molecule has 0 amide bonds. The molecule has 0 saturated carbocycles. The Kier molecular flexibility index (Phi) is 3.82. The average Bonchev–Trinajstić information content (AvgIpc) is 3.23. The largest absolute Gasteiger partial charge is 0.497 e. The van der Waals surface area contributed by atoms with Crippen LogP contribution in [0.4, 0.5) is 0 Å². The molecule has 3 heterocycles. The number of aryl methyl sites for hydroxylation is 1. The predicted molar refractivity (Wildman–Crippen MR) is 90.4 cm³/mol. The van der Waals surface area contributed by atoms with Gasteiger partial charge in [-0.1, -0.05) is 12.1 Å². The molecule has 0 bridgehead atoms. The number of hydrogen-bond donors (Lipinski definition) is 0. The van der Waals surface area contributed by atoms with Gasteiger partial charge in [-0.15, -0.1) is 0 Å². The summed E-state index contributed by atoms with van der Waals surface area (Å²) < 4.78 is 9.61. The molecule has 0 N–H and O–H groups in total. The van der Waals surface area contributed by atoms with Crippen LogP contribution in [0.15, 0.2) is 49.2 Å². The monoisotopic (exact) mass is 323 g/mol. The third-order valence-electron chi connectivity index (χ3n) is 4.74. The van der Waals surface area contributed by atoms with Crippen LogP contribution in [-0.4, -0.2) is 31.1 Å². The Morgan fingerprint density at radius 3 is 2.79 bits per heavy atom. The Morgan fingerprint density at radius 2 is 2.08 bits per heavy atom. The van der Waals surface area contributed by atoms with Crippen molar-refractivity contribution in [3.63, 3.8) is 0 Å². The van der Waals surface area contributed by atoms with E-state index in [-0.39, 0.29) is 0 Å². The van der Waals surface area contributed by atoms with Crippen LogP contribution < -0.4 is 4.74 Å². The van der Waals surface area contributed by atoms with Gasteiger partial charge in [-0.2, -0.15) is 0 Å². The van der Waals surface area contributed by atoms with Crippen LogP contribution in [0.5, 0.6) is 5.75 Å². The van der Waals surface area contributed by atoms with E-state index in [0.29, 0.717) is 6.04 Å². The molecule has 2 aromatic heterocycles. The fourth-order valence-electron chi connectivity index (χ4n) is 3.30. The lowest BCUT2D eigenvalue weighted by Crippen LogP contribution is -2.37. The summed E-state index contributed by atoms with van der Waals surface area (Å²) in [5, 5.41) is 0. The van der Waals surface area contributed by atoms with Crippen molar-refractivity contribution in [3.05, 3.63) is 66.3 Å². The van der Waals surface area contributed by atoms with E-state index in [1.54, 1.807) is 7.11 Å². The Bertz CT molecular complexity index is 820. The van der Waals surface area contributed by atoms with Crippen LogP contribution in [0.2, 0.25) is 0 Å². The SMILES string of the molecule is COc1ccc(C2Cn3ccnc3CN2Cc2cncn2C)cc1. The number of fused-ring (bicyclic) bond motifs is 1. The minimum absolute atomic E-state index is 0.299. The highest BCUT2D eigenvalue weighted by Crippen LogP contribution is 2.31. The maximum Gasteiger partial charge on any atom is 0.122 e. The minimum atomic E-state index is 0.299. The smallest absolute Gasteiger partial charge is 0.122 e. The first kappa shape index (κ1) is 15.0. The molecule has 0 radical (unpaired) electrons. The van der Waals surface area contributed by atoms with E-state index in [0.717, 1.165) is 31.2 Å². The standard InChI is InChI=1S/C18H21N5O/c1-21-13-19-9-15(21)10-23-12-18-20-7-8-22(18)11-17(23)14-3-5-16(24-2)6-4-14/h3-9,13,17H,10-12H2,1-2H3. The molecular formula is C18H21N5O. The van der Waals surface area contributed by atoms with Crippen LogP contribution in [0, 0.1) is 0 Å². The van der Waals surface area contributed by atoms with E-state index in [2.05, 4.69) is 42.3 Å². The first-order valence-electron chi connectivity index (χ1n) is 8.08. The van der Waals surface area contributed by atoms with E-state index < -0.39 is 0 Å². The van der Waals surface area contributed by atoms with Crippen molar-refractivity contribution < 1.29 is 4.74 Å². The fourth-order valence-corrected chi connectivity index (χ4v) is 3.30. The van der Waals surface area contributed by atoms with Gasteiger partial charge < -0.3 is 13.9 Å². The molecule has 24 heavy (non-hydrogen) atoms. The highest BCUT2D eigenvalue weighted by molar-refractivity contribution is 5.29. The van der Waals surface area contributed by atoms with Gasteiger partial charge in [0, 0.05) is 38.7 Å². The van der Waals surface area contributed by atoms with Crippen molar-refractivity contribution in [1.82, 2.24) is 24.0 Å². The summed E-state index contributed by atoms with van der Waals surface area (Å²) in [5.74, 6) is 2.00. The van der Waals surface area contributed by atoms with E-state index >= 15 is 0 Å². The van der Waals surface area contributed by atoms with Gasteiger partial charge in [-0.3, -0.25) is 4.90 Å². The number of methoxy groups -OCH3 is 1. The number of rotatable bonds is 4. The quantitative estimate of drug-likeness (QED) is 0.740. The number of ether oxygens (including phenoxy) is 1. The predicted octanol–water partition coefficient (Wildman–Crippen LogP) is 2.38. The zero-order chi connectivity index (χ0) is 16.5. The summed E-state index contributed by atoms with van der Waals surface area (Å²) in [6.07, 6.45) is 7.73. The van der Waals surface area contributed by atoms with Gasteiger partial charge in [0.1, 0.15) is 11.6 Å². The molecule has 1 unspecified atom stereocenters. The van der Waals surface area contributed by atoms with Crippen LogP contribution >= 0.6 is 0 Å². The summed E-state index contributed by atoms with van der Waals surface area (Å²) >= 11 is 0. The molecule has 124 valence electrons. The van der Waals surface area contributed by atoms with Gasteiger partial charge in [-0.05, 0) is 17.7 Å². The highest BCUT2D eigenvalue weighted by atomic mass is 16.5. The summed E-state index contributed by atoms with van der Waals surface area (Å²) in [6, 6.07) is 8.67. The maximum atomic E-state index is 5.29. The molecule has 0 saturated heterocycles. The van der Waals surface area contributed by atoms with Crippen LogP contribution in [-0.2, 0) is 26.7 Å². The van der Waals surface area contributed by atoms with Gasteiger partial charge >= 0.3 is 0 Å². The van der Waals surface area contributed by atoms with Crippen molar-refractivity contribution in [2.45, 2.75) is 25.7 Å². The number of aromatic nitrogens is 4. The minimum Gasteiger partial charge on any atom is -0.497 e. The molecular weight excluding hydrogens is 302 g/mol. The molecule has 1 aliphatic heterocycles. The molecule has 1 aliphatic rings. The van der Waals surface area contributed by atoms with Crippen molar-refractivity contribution in [3.8, 4) is 5.75 Å². The summed E-state index contributed by atoms with van der Waals surface area (Å²) in [5.41, 5.74) is 2.49. The first-order valence-corrected chi connectivity index (χ1v) is 8.08. The Hall–Kier alpha value is -2.60. The van der Waals surface area contributed by atoms with Gasteiger partial charge in [-0.25, -0.2) is 9.97 Å². The lowest BCUT2D eigenvalue weighted by molar-refractivity contribution is 0.125. The van der Waals surface area contributed by atoms with Gasteiger partial charge in [0.05, 0.1) is 31.7 Å². The molecule has 6 heteroatoms. The zero-order valence-corrected chi connectivity index (χ0v) is 14.0. The van der Waals surface area contributed by atoms with E-state index in [1.165, 1.54) is 11.3 Å². The molecule has 0 spiro atoms. The number of nitrogens with zero attached hydrogens (tertiary/aromatic N) is 5. The second kappa shape index (κ2) is 6.13. The lowest BCUT2D eigenvalue weighted by atomic mass is 10.0. The van der Waals surface area contributed by atoms with Crippen LogP contribution in [0.1, 0.15) is 23.1 Å². The number of benzene rings is 1. The van der Waals surface area contributed by atoms with E-state index in [4.69, 9.17) is 4.74 Å². The zero-order valence-electron chi connectivity index (χ0n) is 14.0. The molecule has 3 aromatic rings. The van der Waals surface area contributed by atoms with Gasteiger partial charge in [0.25, 0.3) is 0 Å². The average molecular weight is 323 g/mol. The molecule has 6 nitrogen and oxygen atoms in total. The maximum absolute atomic E-state index is 5.29. The van der Waals surface area contributed by atoms with Crippen molar-refractivity contribution in [2.24, 2.45) is 7.05 Å². The summed E-state index contributed by atoms with van der Waals surface area (Å²) in [7, 11) is 3.73. The van der Waals surface area contributed by atoms with Gasteiger partial charge in [0.15, 0.2) is 0 Å². The number of imidazole rings is 2. The second-order valence-electron chi connectivity index (χ2n) is 6.19. The Labute approximate surface area is 141 Å². The van der Waals surface area contributed by atoms with Crippen molar-refractivity contribution in [1.29, 1.82) is 0 Å². The Morgan fingerprint density at radius 1 is 1.25 bits per heavy atom. The molecule has 1 aromatic carbocycles. The molecule has 1 atom stereocenters. The second-order valence-corrected chi connectivity index (χ2v) is 6.19. The topological polar surface area (TPSA) is 48.1 Å². The number of hydrogen-bond acceptors (Lipinski definition) is 4. The lowest BCUT2D eigenvalue weighted by Gasteiger charge is -2.36. The summed E-state index contributed by atoms with van der Waals surface area (Å²) in [6.45, 7) is 2.58. The highest BCUT2D eigenvalue weighted by Gasteiger charge is 2.28. The molecule has 0 aliphatic carbocycles. The van der Waals surface area contributed by atoms with Crippen LogP contribution in [0.3, 0.4) is 0 Å². The first-order chi connectivity index (χ1) is 11.7. The molecule has 4 rings (SSSR count). The summed E-state index contributed by atoms with van der Waals surface area (Å²) in [4.78, 5) is 11.2. The Balaban J connectivity index is 1.66. The van der Waals surface area contributed by atoms with Crippen molar-refractivity contribution >= 4 is 0 Å². The normalized spacial score (nSPS) is 17.7. The van der Waals surface area contributed by atoms with Crippen LogP contribution in [0.25, 0.3) is 0 Å².